The van der Waals surface area contributed by atoms with Crippen LogP contribution >= 0.6 is 0 Å². The van der Waals surface area contributed by atoms with Crippen LogP contribution in [0, 0.1) is 17.3 Å². The molecular formula is C19H23NO3. The van der Waals surface area contributed by atoms with Crippen LogP contribution < -0.4 is 5.32 Å². The van der Waals surface area contributed by atoms with Gasteiger partial charge in [0.05, 0.1) is 11.0 Å². The monoisotopic (exact) mass is 313 g/mol. The number of Topliss-reactive ketones (excluding diaryl/α,β-unsaturated/α-hetero) is 1. The first-order valence-corrected chi connectivity index (χ1v) is 8.52. The molecule has 4 nitrogen and oxygen atoms in total. The first-order valence-electron chi connectivity index (χ1n) is 8.52. The number of carbonyl (C=O) groups excluding carboxylic acids is 2. The van der Waals surface area contributed by atoms with Gasteiger partial charge in [0.2, 0.25) is 5.91 Å². The molecule has 4 aliphatic rings. The van der Waals surface area contributed by atoms with Gasteiger partial charge in [-0.2, -0.15) is 0 Å². The highest BCUT2D eigenvalue weighted by atomic mass is 16.3. The predicted octanol–water partition coefficient (Wildman–Crippen LogP) is 3.16. The highest BCUT2D eigenvalue weighted by Gasteiger charge is 2.60. The molecule has 4 aliphatic carbocycles. The maximum atomic E-state index is 13.0. The number of anilines is 1. The second kappa shape index (κ2) is 4.91. The molecule has 4 fully saturated rings. The Balaban J connectivity index is 1.58. The van der Waals surface area contributed by atoms with Crippen molar-refractivity contribution in [2.75, 3.05) is 5.32 Å². The van der Waals surface area contributed by atoms with Gasteiger partial charge in [-0.1, -0.05) is 12.1 Å². The number of benzene rings is 1. The van der Waals surface area contributed by atoms with Crippen molar-refractivity contribution in [3.8, 4) is 0 Å². The lowest BCUT2D eigenvalue weighted by molar-refractivity contribution is -0.174. The molecule has 0 radical (unpaired) electrons. The summed E-state index contributed by atoms with van der Waals surface area (Å²) < 4.78 is 0. The lowest BCUT2D eigenvalue weighted by Crippen LogP contribution is -2.59. The molecule has 4 bridgehead atoms. The van der Waals surface area contributed by atoms with Crippen molar-refractivity contribution >= 4 is 17.4 Å². The van der Waals surface area contributed by atoms with Crippen molar-refractivity contribution in [1.29, 1.82) is 0 Å². The van der Waals surface area contributed by atoms with Crippen LogP contribution in [0.2, 0.25) is 0 Å². The molecule has 0 saturated heterocycles. The van der Waals surface area contributed by atoms with Crippen LogP contribution in [0.4, 0.5) is 5.69 Å². The quantitative estimate of drug-likeness (QED) is 0.842. The summed E-state index contributed by atoms with van der Waals surface area (Å²) in [4.78, 5) is 24.5. The Labute approximate surface area is 136 Å². The first kappa shape index (κ1) is 14.9. The lowest BCUT2D eigenvalue weighted by atomic mass is 9.47. The summed E-state index contributed by atoms with van der Waals surface area (Å²) in [5.74, 6) is 0.974. The van der Waals surface area contributed by atoms with Crippen molar-refractivity contribution < 1.29 is 14.7 Å². The maximum absolute atomic E-state index is 13.0. The van der Waals surface area contributed by atoms with E-state index < -0.39 is 11.0 Å². The van der Waals surface area contributed by atoms with E-state index in [1.54, 1.807) is 18.2 Å². The van der Waals surface area contributed by atoms with E-state index in [1.807, 2.05) is 6.07 Å². The zero-order valence-electron chi connectivity index (χ0n) is 13.5. The fraction of sp³-hybridized carbons (Fsp3) is 0.579. The maximum Gasteiger partial charge on any atom is 0.230 e. The van der Waals surface area contributed by atoms with E-state index >= 15 is 0 Å². The number of ketones is 1. The van der Waals surface area contributed by atoms with Gasteiger partial charge in [-0.15, -0.1) is 0 Å². The Morgan fingerprint density at radius 3 is 2.48 bits per heavy atom. The van der Waals surface area contributed by atoms with Gasteiger partial charge in [0, 0.05) is 11.3 Å². The van der Waals surface area contributed by atoms with Gasteiger partial charge in [-0.05, 0) is 69.4 Å². The Hall–Kier alpha value is -1.68. The average Bonchev–Trinajstić information content (AvgIpc) is 2.44. The Morgan fingerprint density at radius 1 is 1.17 bits per heavy atom. The van der Waals surface area contributed by atoms with E-state index in [0.29, 0.717) is 29.5 Å². The molecule has 4 saturated carbocycles. The summed E-state index contributed by atoms with van der Waals surface area (Å²) in [5.41, 5.74) is 0.214. The van der Waals surface area contributed by atoms with Crippen molar-refractivity contribution in [3.63, 3.8) is 0 Å². The smallest absolute Gasteiger partial charge is 0.230 e. The summed E-state index contributed by atoms with van der Waals surface area (Å²) in [7, 11) is 0. The third-order valence-corrected chi connectivity index (χ3v) is 6.04. The third kappa shape index (κ3) is 2.49. The van der Waals surface area contributed by atoms with E-state index in [4.69, 9.17) is 0 Å². The predicted molar refractivity (Wildman–Crippen MR) is 87.1 cm³/mol. The minimum absolute atomic E-state index is 0.00906. The molecule has 1 amide bonds. The van der Waals surface area contributed by atoms with Gasteiger partial charge in [0.25, 0.3) is 0 Å². The van der Waals surface area contributed by atoms with Gasteiger partial charge in [0.15, 0.2) is 5.78 Å². The fourth-order valence-corrected chi connectivity index (χ4v) is 5.56. The van der Waals surface area contributed by atoms with Crippen molar-refractivity contribution in [3.05, 3.63) is 29.8 Å². The second-order valence-corrected chi connectivity index (χ2v) is 8.06. The molecule has 0 heterocycles. The van der Waals surface area contributed by atoms with E-state index in [9.17, 15) is 14.7 Å². The largest absolute Gasteiger partial charge is 0.390 e. The number of rotatable bonds is 3. The number of aliphatic hydroxyl groups is 1. The molecule has 0 spiro atoms. The normalized spacial score (nSPS) is 37.7. The van der Waals surface area contributed by atoms with E-state index in [1.165, 1.54) is 6.92 Å². The number of nitrogens with one attached hydrogen (secondary N) is 1. The van der Waals surface area contributed by atoms with E-state index in [2.05, 4.69) is 5.32 Å². The fourth-order valence-electron chi connectivity index (χ4n) is 5.56. The lowest BCUT2D eigenvalue weighted by Gasteiger charge is -2.59. The molecule has 4 heteroatoms. The summed E-state index contributed by atoms with van der Waals surface area (Å²) in [6.45, 7) is 1.52. The van der Waals surface area contributed by atoms with Crippen LogP contribution in [-0.4, -0.2) is 22.4 Å². The summed E-state index contributed by atoms with van der Waals surface area (Å²) in [6.07, 6.45) is 5.26. The van der Waals surface area contributed by atoms with Crippen molar-refractivity contribution in [2.24, 2.45) is 17.3 Å². The van der Waals surface area contributed by atoms with Crippen molar-refractivity contribution in [1.82, 2.24) is 0 Å². The molecule has 4 atom stereocenters. The van der Waals surface area contributed by atoms with Gasteiger partial charge < -0.3 is 10.4 Å². The standard InChI is InChI=1S/C19H23NO3/c1-12(21)15-3-2-4-16(6-15)20-17(22)18-7-13-5-14(8-18)10-19(23,9-13)11-18/h2-4,6,13-14,23H,5,7-11H2,1H3,(H,20,22)/t13-,14+,18?,19?. The first-order chi connectivity index (χ1) is 10.9. The molecule has 1 aromatic rings. The minimum Gasteiger partial charge on any atom is -0.390 e. The van der Waals surface area contributed by atoms with E-state index in [-0.39, 0.29) is 11.7 Å². The average molecular weight is 313 g/mol. The van der Waals surface area contributed by atoms with Crippen LogP contribution in [0.5, 0.6) is 0 Å². The van der Waals surface area contributed by atoms with Gasteiger partial charge in [-0.25, -0.2) is 0 Å². The Kier molecular flexibility index (Phi) is 3.17. The number of hydrogen-bond donors (Lipinski definition) is 2. The zero-order valence-corrected chi connectivity index (χ0v) is 13.5. The molecule has 23 heavy (non-hydrogen) atoms. The number of carbonyl (C=O) groups is 2. The van der Waals surface area contributed by atoms with Crippen LogP contribution in [0.15, 0.2) is 24.3 Å². The minimum atomic E-state index is -0.636. The molecular weight excluding hydrogens is 290 g/mol. The highest BCUT2D eigenvalue weighted by molar-refractivity contribution is 5.99. The molecule has 1 aromatic carbocycles. The molecule has 2 N–H and O–H groups in total. The topological polar surface area (TPSA) is 66.4 Å². The second-order valence-electron chi connectivity index (χ2n) is 8.06. The molecule has 5 rings (SSSR count). The third-order valence-electron chi connectivity index (χ3n) is 6.04. The van der Waals surface area contributed by atoms with Gasteiger partial charge >= 0.3 is 0 Å². The molecule has 0 aromatic heterocycles. The van der Waals surface area contributed by atoms with Crippen LogP contribution in [0.3, 0.4) is 0 Å². The molecule has 122 valence electrons. The van der Waals surface area contributed by atoms with Crippen LogP contribution in [-0.2, 0) is 4.79 Å². The van der Waals surface area contributed by atoms with Crippen molar-refractivity contribution in [2.45, 2.75) is 51.0 Å². The molecule has 0 aliphatic heterocycles. The summed E-state index contributed by atoms with van der Waals surface area (Å²) in [5, 5.41) is 13.8. The Morgan fingerprint density at radius 2 is 1.87 bits per heavy atom. The van der Waals surface area contributed by atoms with E-state index in [0.717, 1.165) is 32.1 Å². The Bertz CT molecular complexity index is 667. The number of amides is 1. The SMILES string of the molecule is CC(=O)c1cccc(NC(=O)C23C[C@@H]4C[C@@H](CC(O)(C4)C2)C3)c1. The summed E-state index contributed by atoms with van der Waals surface area (Å²) in [6, 6.07) is 7.10. The van der Waals surface area contributed by atoms with Gasteiger partial charge in [-0.3, -0.25) is 9.59 Å². The van der Waals surface area contributed by atoms with Crippen LogP contribution in [0.25, 0.3) is 0 Å². The van der Waals surface area contributed by atoms with Gasteiger partial charge in [0.1, 0.15) is 0 Å². The number of hydrogen-bond acceptors (Lipinski definition) is 3. The zero-order chi connectivity index (χ0) is 16.2. The van der Waals surface area contributed by atoms with Crippen LogP contribution in [0.1, 0.15) is 55.8 Å². The highest BCUT2D eigenvalue weighted by Crippen LogP contribution is 2.61. The summed E-state index contributed by atoms with van der Waals surface area (Å²) >= 11 is 0. The molecule has 2 unspecified atom stereocenters.